The van der Waals surface area contributed by atoms with Crippen LogP contribution in [0.3, 0.4) is 0 Å². The van der Waals surface area contributed by atoms with Gasteiger partial charge in [-0.2, -0.15) is 0 Å². The summed E-state index contributed by atoms with van der Waals surface area (Å²) in [6.07, 6.45) is 1.93. The zero-order valence-electron chi connectivity index (χ0n) is 14.0. The number of amides is 1. The quantitative estimate of drug-likeness (QED) is 0.595. The molecule has 25 heavy (non-hydrogen) atoms. The number of halogens is 1. The summed E-state index contributed by atoms with van der Waals surface area (Å²) in [5.74, 6) is -0.0805. The SMILES string of the molecule is Cc1cc(C)c(/C=C2\C(=O)Nc3cccc(-c4ccc(Cl)cc4)c32)[nH]1. The summed E-state index contributed by atoms with van der Waals surface area (Å²) in [4.78, 5) is 15.9. The van der Waals surface area contributed by atoms with E-state index >= 15 is 0 Å². The van der Waals surface area contributed by atoms with Gasteiger partial charge in [0.05, 0.1) is 5.57 Å². The van der Waals surface area contributed by atoms with Crippen molar-refractivity contribution < 1.29 is 4.79 Å². The smallest absolute Gasteiger partial charge is 0.256 e. The van der Waals surface area contributed by atoms with Crippen LogP contribution in [0.1, 0.15) is 22.5 Å². The van der Waals surface area contributed by atoms with Crippen LogP contribution in [-0.4, -0.2) is 10.9 Å². The summed E-state index contributed by atoms with van der Waals surface area (Å²) in [5.41, 5.74) is 7.64. The molecule has 1 aliphatic rings. The Labute approximate surface area is 151 Å². The van der Waals surface area contributed by atoms with Crippen LogP contribution in [-0.2, 0) is 4.79 Å². The van der Waals surface area contributed by atoms with E-state index in [4.69, 9.17) is 11.6 Å². The Morgan fingerprint density at radius 2 is 1.80 bits per heavy atom. The summed E-state index contributed by atoms with van der Waals surface area (Å²) < 4.78 is 0. The number of hydrogen-bond acceptors (Lipinski definition) is 1. The maximum Gasteiger partial charge on any atom is 0.256 e. The Bertz CT molecular complexity index is 1010. The maximum absolute atomic E-state index is 12.6. The zero-order chi connectivity index (χ0) is 17.6. The molecular formula is C21H17ClN2O. The van der Waals surface area contributed by atoms with Crippen molar-refractivity contribution in [2.75, 3.05) is 5.32 Å². The standard InChI is InChI=1S/C21H17ClN2O/c1-12-10-13(2)23-19(12)11-17-20-16(14-6-8-15(22)9-7-14)4-3-5-18(20)24-21(17)25/h3-11,23H,1-2H3,(H,24,25)/b17-11-. The third-order valence-electron chi connectivity index (χ3n) is 4.46. The van der Waals surface area contributed by atoms with Crippen LogP contribution in [0.4, 0.5) is 5.69 Å². The van der Waals surface area contributed by atoms with E-state index in [9.17, 15) is 4.79 Å². The van der Waals surface area contributed by atoms with E-state index in [1.54, 1.807) is 0 Å². The molecule has 2 N–H and O–H groups in total. The van der Waals surface area contributed by atoms with Crippen molar-refractivity contribution in [1.82, 2.24) is 4.98 Å². The molecule has 1 aromatic heterocycles. The fourth-order valence-electron chi connectivity index (χ4n) is 3.30. The van der Waals surface area contributed by atoms with Crippen molar-refractivity contribution >= 4 is 34.8 Å². The van der Waals surface area contributed by atoms with Gasteiger partial charge in [0.15, 0.2) is 0 Å². The third-order valence-corrected chi connectivity index (χ3v) is 4.71. The molecule has 3 aromatic rings. The number of aromatic amines is 1. The number of benzene rings is 2. The van der Waals surface area contributed by atoms with Gasteiger partial charge in [0.2, 0.25) is 0 Å². The maximum atomic E-state index is 12.6. The molecule has 1 amide bonds. The molecule has 2 heterocycles. The van der Waals surface area contributed by atoms with Gasteiger partial charge in [-0.3, -0.25) is 4.79 Å². The fraction of sp³-hybridized carbons (Fsp3) is 0.0952. The van der Waals surface area contributed by atoms with E-state index in [0.717, 1.165) is 39.3 Å². The molecule has 4 heteroatoms. The molecule has 0 unspecified atom stereocenters. The van der Waals surface area contributed by atoms with Gasteiger partial charge < -0.3 is 10.3 Å². The van der Waals surface area contributed by atoms with Crippen LogP contribution in [0.25, 0.3) is 22.8 Å². The van der Waals surface area contributed by atoms with Gasteiger partial charge in [-0.1, -0.05) is 35.9 Å². The number of aromatic nitrogens is 1. The number of fused-ring (bicyclic) bond motifs is 1. The van der Waals surface area contributed by atoms with Crippen LogP contribution in [0.5, 0.6) is 0 Å². The molecular weight excluding hydrogens is 332 g/mol. The van der Waals surface area contributed by atoms with Gasteiger partial charge in [0, 0.05) is 27.7 Å². The number of carbonyl (C=O) groups is 1. The van der Waals surface area contributed by atoms with E-state index in [1.165, 1.54) is 0 Å². The first-order valence-corrected chi connectivity index (χ1v) is 8.49. The third kappa shape index (κ3) is 2.77. The lowest BCUT2D eigenvalue weighted by Crippen LogP contribution is -2.03. The highest BCUT2D eigenvalue weighted by molar-refractivity contribution is 6.36. The second-order valence-corrected chi connectivity index (χ2v) is 6.73. The fourth-order valence-corrected chi connectivity index (χ4v) is 3.43. The van der Waals surface area contributed by atoms with Gasteiger partial charge in [-0.25, -0.2) is 0 Å². The predicted octanol–water partition coefficient (Wildman–Crippen LogP) is 5.44. The molecule has 0 spiro atoms. The first-order valence-electron chi connectivity index (χ1n) is 8.11. The average molecular weight is 349 g/mol. The van der Waals surface area contributed by atoms with Crippen LogP contribution in [0, 0.1) is 13.8 Å². The summed E-state index contributed by atoms with van der Waals surface area (Å²) in [6.45, 7) is 4.05. The van der Waals surface area contributed by atoms with Gasteiger partial charge in [0.25, 0.3) is 5.91 Å². The molecule has 0 atom stereocenters. The Balaban J connectivity index is 1.91. The Morgan fingerprint density at radius 3 is 2.48 bits per heavy atom. The van der Waals surface area contributed by atoms with Crippen LogP contribution in [0.2, 0.25) is 5.02 Å². The Morgan fingerprint density at radius 1 is 1.04 bits per heavy atom. The summed E-state index contributed by atoms with van der Waals surface area (Å²) in [6, 6.07) is 15.7. The minimum Gasteiger partial charge on any atom is -0.359 e. The molecule has 0 aliphatic carbocycles. The lowest BCUT2D eigenvalue weighted by molar-refractivity contribution is -0.110. The molecule has 4 rings (SSSR count). The monoisotopic (exact) mass is 348 g/mol. The number of nitrogens with one attached hydrogen (secondary N) is 2. The molecule has 124 valence electrons. The minimum atomic E-state index is -0.0805. The molecule has 1 aliphatic heterocycles. The minimum absolute atomic E-state index is 0.0805. The summed E-state index contributed by atoms with van der Waals surface area (Å²) >= 11 is 6.01. The van der Waals surface area contributed by atoms with E-state index < -0.39 is 0 Å². The molecule has 3 nitrogen and oxygen atoms in total. The lowest BCUT2D eigenvalue weighted by Gasteiger charge is -2.09. The second-order valence-electron chi connectivity index (χ2n) is 6.30. The predicted molar refractivity (Wildman–Crippen MR) is 104 cm³/mol. The van der Waals surface area contributed by atoms with E-state index in [0.29, 0.717) is 10.6 Å². The number of rotatable bonds is 2. The van der Waals surface area contributed by atoms with Gasteiger partial charge in [-0.15, -0.1) is 0 Å². The molecule has 2 aromatic carbocycles. The van der Waals surface area contributed by atoms with Crippen LogP contribution in [0.15, 0.2) is 48.5 Å². The average Bonchev–Trinajstić information content (AvgIpc) is 3.07. The summed E-state index contributed by atoms with van der Waals surface area (Å²) in [5, 5.41) is 3.66. The van der Waals surface area contributed by atoms with Gasteiger partial charge in [0.1, 0.15) is 0 Å². The second kappa shape index (κ2) is 5.94. The Kier molecular flexibility index (Phi) is 3.74. The molecule has 0 fully saturated rings. The highest BCUT2D eigenvalue weighted by Gasteiger charge is 2.27. The van der Waals surface area contributed by atoms with E-state index in [-0.39, 0.29) is 5.91 Å². The van der Waals surface area contributed by atoms with Crippen molar-refractivity contribution in [2.24, 2.45) is 0 Å². The normalized spacial score (nSPS) is 14.7. The van der Waals surface area contributed by atoms with Crippen molar-refractivity contribution in [3.8, 4) is 11.1 Å². The topological polar surface area (TPSA) is 44.9 Å². The van der Waals surface area contributed by atoms with Gasteiger partial charge >= 0.3 is 0 Å². The van der Waals surface area contributed by atoms with Crippen molar-refractivity contribution in [3.05, 3.63) is 76.1 Å². The van der Waals surface area contributed by atoms with Crippen molar-refractivity contribution in [3.63, 3.8) is 0 Å². The van der Waals surface area contributed by atoms with Gasteiger partial charge in [-0.05, 0) is 60.9 Å². The lowest BCUT2D eigenvalue weighted by atomic mass is 9.94. The molecule has 0 saturated heterocycles. The number of aryl methyl sites for hydroxylation is 2. The van der Waals surface area contributed by atoms with Crippen molar-refractivity contribution in [1.29, 1.82) is 0 Å². The number of H-pyrrole nitrogens is 1. The highest BCUT2D eigenvalue weighted by atomic mass is 35.5. The first kappa shape index (κ1) is 15.7. The number of anilines is 1. The summed E-state index contributed by atoms with van der Waals surface area (Å²) in [7, 11) is 0. The number of hydrogen-bond donors (Lipinski definition) is 2. The highest BCUT2D eigenvalue weighted by Crippen LogP contribution is 2.40. The van der Waals surface area contributed by atoms with Crippen molar-refractivity contribution in [2.45, 2.75) is 13.8 Å². The largest absolute Gasteiger partial charge is 0.359 e. The van der Waals surface area contributed by atoms with Crippen LogP contribution < -0.4 is 5.32 Å². The molecule has 0 bridgehead atoms. The number of carbonyl (C=O) groups excluding carboxylic acids is 1. The Hall–Kier alpha value is -2.78. The van der Waals surface area contributed by atoms with E-state index in [2.05, 4.69) is 16.4 Å². The molecule has 0 saturated carbocycles. The zero-order valence-corrected chi connectivity index (χ0v) is 14.7. The first-order chi connectivity index (χ1) is 12.0. The molecule has 0 radical (unpaired) electrons. The van der Waals surface area contributed by atoms with E-state index in [1.807, 2.05) is 62.4 Å². The van der Waals surface area contributed by atoms with Crippen LogP contribution >= 0.6 is 11.6 Å².